The van der Waals surface area contributed by atoms with Crippen molar-refractivity contribution < 1.29 is 14.6 Å². The number of carbonyl (C=O) groups is 1. The molecule has 108 valence electrons. The number of ether oxygens (including phenoxy) is 1. The normalized spacial score (nSPS) is 16.6. The van der Waals surface area contributed by atoms with Gasteiger partial charge in [-0.1, -0.05) is 18.2 Å². The number of hydrogen-bond donors (Lipinski definition) is 2. The molecule has 0 saturated carbocycles. The Kier molecular flexibility index (Phi) is 3.31. The molecule has 0 spiro atoms. The molecule has 0 radical (unpaired) electrons. The number of rotatable bonds is 4. The zero-order valence-corrected chi connectivity index (χ0v) is 11.4. The molecule has 1 atom stereocenters. The number of fused-ring (bicyclic) bond motifs is 1. The number of carboxylic acid groups (broad SMARTS) is 1. The van der Waals surface area contributed by atoms with Gasteiger partial charge in [-0.15, -0.1) is 0 Å². The van der Waals surface area contributed by atoms with Gasteiger partial charge >= 0.3 is 5.97 Å². The third kappa shape index (κ3) is 2.33. The molecule has 1 aromatic heterocycles. The predicted molar refractivity (Wildman–Crippen MR) is 75.1 cm³/mol. The van der Waals surface area contributed by atoms with Crippen LogP contribution in [0, 0.1) is 0 Å². The molecular weight excluding hydrogens is 272 g/mol. The summed E-state index contributed by atoms with van der Waals surface area (Å²) >= 11 is 0. The van der Waals surface area contributed by atoms with Crippen molar-refractivity contribution >= 4 is 11.9 Å². The minimum atomic E-state index is -1.04. The Morgan fingerprint density at radius 2 is 2.29 bits per heavy atom. The Hall–Kier alpha value is -2.83. The minimum Gasteiger partial charge on any atom is -0.494 e. The molecule has 7 nitrogen and oxygen atoms in total. The van der Waals surface area contributed by atoms with Gasteiger partial charge in [-0.2, -0.15) is 10.1 Å². The van der Waals surface area contributed by atoms with E-state index in [1.54, 1.807) is 10.8 Å². The highest BCUT2D eigenvalue weighted by molar-refractivity contribution is 5.90. The van der Waals surface area contributed by atoms with Crippen molar-refractivity contribution in [2.24, 2.45) is 0 Å². The van der Waals surface area contributed by atoms with E-state index in [9.17, 15) is 9.90 Å². The first kappa shape index (κ1) is 13.2. The molecule has 2 heterocycles. The van der Waals surface area contributed by atoms with Gasteiger partial charge in [0.1, 0.15) is 23.8 Å². The minimum absolute atomic E-state index is 0.0757. The van der Waals surface area contributed by atoms with E-state index < -0.39 is 5.97 Å². The second-order valence-corrected chi connectivity index (χ2v) is 4.45. The monoisotopic (exact) mass is 286 g/mol. The van der Waals surface area contributed by atoms with Gasteiger partial charge in [0.2, 0.25) is 5.95 Å². The molecule has 7 heteroatoms. The van der Waals surface area contributed by atoms with E-state index in [-0.39, 0.29) is 11.7 Å². The molecule has 2 N–H and O–H groups in total. The van der Waals surface area contributed by atoms with Crippen LogP contribution in [0.4, 0.5) is 5.95 Å². The van der Waals surface area contributed by atoms with Gasteiger partial charge in [0, 0.05) is 5.56 Å². The van der Waals surface area contributed by atoms with Gasteiger partial charge in [-0.05, 0) is 19.1 Å². The van der Waals surface area contributed by atoms with Crippen LogP contribution in [0.5, 0.6) is 5.75 Å². The largest absolute Gasteiger partial charge is 0.494 e. The Morgan fingerprint density at radius 3 is 3.05 bits per heavy atom. The third-order valence-electron chi connectivity index (χ3n) is 3.18. The number of allylic oxidation sites excluding steroid dienone is 1. The lowest BCUT2D eigenvalue weighted by Crippen LogP contribution is -2.24. The van der Waals surface area contributed by atoms with Crippen LogP contribution in [0.15, 0.2) is 42.4 Å². The second kappa shape index (κ2) is 5.28. The van der Waals surface area contributed by atoms with Gasteiger partial charge in [0.05, 0.1) is 6.61 Å². The Balaban J connectivity index is 2.11. The molecule has 2 aromatic rings. The Labute approximate surface area is 120 Å². The summed E-state index contributed by atoms with van der Waals surface area (Å²) in [7, 11) is 0. The first-order valence-electron chi connectivity index (χ1n) is 6.54. The average molecular weight is 286 g/mol. The molecule has 0 saturated heterocycles. The first-order valence-corrected chi connectivity index (χ1v) is 6.54. The summed E-state index contributed by atoms with van der Waals surface area (Å²) in [5.74, 6) is 0.0590. The standard InChI is InChI=1S/C14H14N4O3/c1-2-21-12-6-4-3-5-9(12)11-7-10(13(19)20)17-14-15-8-16-18(11)14/h3-8,11H,2H2,1H3,(H,19,20)(H,15,16,17)/t11-/m0/s1. The number of aromatic nitrogens is 3. The van der Waals surface area contributed by atoms with Gasteiger partial charge < -0.3 is 15.2 Å². The molecular formula is C14H14N4O3. The predicted octanol–water partition coefficient (Wildman–Crippen LogP) is 1.66. The van der Waals surface area contributed by atoms with Crippen molar-refractivity contribution in [3.05, 3.63) is 47.9 Å². The smallest absolute Gasteiger partial charge is 0.352 e. The molecule has 1 aromatic carbocycles. The van der Waals surface area contributed by atoms with Gasteiger partial charge in [-0.3, -0.25) is 0 Å². The highest BCUT2D eigenvalue weighted by atomic mass is 16.5. The van der Waals surface area contributed by atoms with Crippen molar-refractivity contribution in [1.82, 2.24) is 14.8 Å². The molecule has 0 amide bonds. The Morgan fingerprint density at radius 1 is 1.48 bits per heavy atom. The van der Waals surface area contributed by atoms with E-state index >= 15 is 0 Å². The van der Waals surface area contributed by atoms with Crippen LogP contribution in [-0.2, 0) is 4.79 Å². The zero-order chi connectivity index (χ0) is 14.8. The Bertz CT molecular complexity index is 708. The quantitative estimate of drug-likeness (QED) is 0.888. The zero-order valence-electron chi connectivity index (χ0n) is 11.4. The maximum absolute atomic E-state index is 11.3. The van der Waals surface area contributed by atoms with E-state index in [0.717, 1.165) is 5.56 Å². The SMILES string of the molecule is CCOc1ccccc1[C@@H]1C=C(C(=O)O)Nc2ncnn21. The van der Waals surface area contributed by atoms with Gasteiger partial charge in [0.15, 0.2) is 0 Å². The molecule has 0 aliphatic carbocycles. The lowest BCUT2D eigenvalue weighted by atomic mass is 10.0. The number of carboxylic acids is 1. The number of nitrogens with one attached hydrogen (secondary N) is 1. The topological polar surface area (TPSA) is 89.3 Å². The molecule has 0 fully saturated rings. The van der Waals surface area contributed by atoms with Crippen molar-refractivity contribution in [2.45, 2.75) is 13.0 Å². The number of para-hydroxylation sites is 1. The lowest BCUT2D eigenvalue weighted by molar-refractivity contribution is -0.132. The maximum Gasteiger partial charge on any atom is 0.352 e. The summed E-state index contributed by atoms with van der Waals surface area (Å²) in [6.07, 6.45) is 2.99. The number of anilines is 1. The van der Waals surface area contributed by atoms with Crippen molar-refractivity contribution in [2.75, 3.05) is 11.9 Å². The highest BCUT2D eigenvalue weighted by Gasteiger charge is 2.27. The fourth-order valence-electron chi connectivity index (χ4n) is 2.29. The summed E-state index contributed by atoms with van der Waals surface area (Å²) in [6.45, 7) is 2.43. The van der Waals surface area contributed by atoms with Crippen molar-refractivity contribution in [3.63, 3.8) is 0 Å². The molecule has 1 aliphatic rings. The van der Waals surface area contributed by atoms with Crippen LogP contribution >= 0.6 is 0 Å². The van der Waals surface area contributed by atoms with Crippen LogP contribution in [0.25, 0.3) is 0 Å². The van der Waals surface area contributed by atoms with E-state index in [1.165, 1.54) is 6.33 Å². The van der Waals surface area contributed by atoms with Crippen molar-refractivity contribution in [1.29, 1.82) is 0 Å². The lowest BCUT2D eigenvalue weighted by Gasteiger charge is -2.24. The second-order valence-electron chi connectivity index (χ2n) is 4.45. The number of hydrogen-bond acceptors (Lipinski definition) is 5. The molecule has 1 aliphatic heterocycles. The summed E-state index contributed by atoms with van der Waals surface area (Å²) in [5.41, 5.74) is 0.915. The summed E-state index contributed by atoms with van der Waals surface area (Å²) < 4.78 is 7.25. The van der Waals surface area contributed by atoms with E-state index in [2.05, 4.69) is 15.4 Å². The van der Waals surface area contributed by atoms with Crippen LogP contribution in [0.1, 0.15) is 18.5 Å². The molecule has 21 heavy (non-hydrogen) atoms. The van der Waals surface area contributed by atoms with Crippen LogP contribution in [0.3, 0.4) is 0 Å². The summed E-state index contributed by atoms with van der Waals surface area (Å²) in [5, 5.41) is 16.1. The van der Waals surface area contributed by atoms with Crippen molar-refractivity contribution in [3.8, 4) is 5.75 Å². The number of nitrogens with zero attached hydrogens (tertiary/aromatic N) is 3. The van der Waals surface area contributed by atoms with Crippen LogP contribution < -0.4 is 10.1 Å². The highest BCUT2D eigenvalue weighted by Crippen LogP contribution is 2.33. The fourth-order valence-corrected chi connectivity index (χ4v) is 2.29. The first-order chi connectivity index (χ1) is 10.2. The fraction of sp³-hybridized carbons (Fsp3) is 0.214. The van der Waals surface area contributed by atoms with Gasteiger partial charge in [0.25, 0.3) is 0 Å². The van der Waals surface area contributed by atoms with E-state index in [0.29, 0.717) is 18.3 Å². The summed E-state index contributed by atoms with van der Waals surface area (Å²) in [4.78, 5) is 15.3. The maximum atomic E-state index is 11.3. The summed E-state index contributed by atoms with van der Waals surface area (Å²) in [6, 6.07) is 7.12. The van der Waals surface area contributed by atoms with E-state index in [4.69, 9.17) is 4.74 Å². The van der Waals surface area contributed by atoms with Crippen LogP contribution in [-0.4, -0.2) is 32.4 Å². The average Bonchev–Trinajstić information content (AvgIpc) is 2.95. The number of aliphatic carboxylic acids is 1. The molecule has 0 bridgehead atoms. The number of benzene rings is 1. The molecule has 0 unspecified atom stereocenters. The van der Waals surface area contributed by atoms with E-state index in [1.807, 2.05) is 31.2 Å². The van der Waals surface area contributed by atoms with Crippen LogP contribution in [0.2, 0.25) is 0 Å². The molecule has 3 rings (SSSR count). The van der Waals surface area contributed by atoms with Gasteiger partial charge in [-0.25, -0.2) is 9.48 Å². The third-order valence-corrected chi connectivity index (χ3v) is 3.18.